The number of amides is 1. The average Bonchev–Trinajstić information content (AvgIpc) is 2.77. The molecule has 1 atom stereocenters. The Bertz CT molecular complexity index is 1030. The Balaban J connectivity index is 1.69. The van der Waals surface area contributed by atoms with Gasteiger partial charge in [0.05, 0.1) is 30.6 Å². The molecule has 0 aliphatic carbocycles. The van der Waals surface area contributed by atoms with Crippen molar-refractivity contribution >= 4 is 16.4 Å². The molecule has 3 rings (SSSR count). The van der Waals surface area contributed by atoms with Crippen molar-refractivity contribution in [1.29, 1.82) is 0 Å². The van der Waals surface area contributed by atoms with Gasteiger partial charge in [0.1, 0.15) is 0 Å². The van der Waals surface area contributed by atoms with Crippen molar-refractivity contribution in [3.05, 3.63) is 70.8 Å². The molecular weight excluding hydrogens is 449 g/mol. The molecule has 2 aromatic rings. The van der Waals surface area contributed by atoms with Crippen LogP contribution in [0.25, 0.3) is 0 Å². The Morgan fingerprint density at radius 2 is 1.88 bits per heavy atom. The number of hydrogen-bond donors (Lipinski definition) is 1. The molecule has 0 spiro atoms. The minimum Gasteiger partial charge on any atom is -0.374 e. The highest BCUT2D eigenvalue weighted by molar-refractivity contribution is 7.89. The number of rotatable bonds is 9. The summed E-state index contributed by atoms with van der Waals surface area (Å²) in [4.78, 5) is 11.0. The first kappa shape index (κ1) is 24.2. The van der Waals surface area contributed by atoms with Crippen molar-refractivity contribution in [1.82, 2.24) is 9.37 Å². The van der Waals surface area contributed by atoms with Gasteiger partial charge < -0.3 is 4.74 Å². The third kappa shape index (κ3) is 6.06. The highest BCUT2D eigenvalue weighted by Gasteiger charge is 2.34. The van der Waals surface area contributed by atoms with Crippen LogP contribution in [0, 0.1) is 0 Å². The summed E-state index contributed by atoms with van der Waals surface area (Å²) in [6.07, 6.45) is -4.18. The largest absolute Gasteiger partial charge is 0.416 e. The first-order valence-electron chi connectivity index (χ1n) is 9.81. The molecule has 0 aromatic heterocycles. The number of nitrogens with zero attached hydrogens (tertiary/aromatic N) is 2. The van der Waals surface area contributed by atoms with E-state index in [0.717, 1.165) is 22.0 Å². The van der Waals surface area contributed by atoms with Gasteiger partial charge in [-0.3, -0.25) is 10.0 Å². The van der Waals surface area contributed by atoms with Crippen molar-refractivity contribution in [3.8, 4) is 0 Å². The van der Waals surface area contributed by atoms with E-state index in [-0.39, 0.29) is 49.8 Å². The van der Waals surface area contributed by atoms with E-state index in [9.17, 15) is 31.6 Å². The van der Waals surface area contributed by atoms with Crippen molar-refractivity contribution in [3.63, 3.8) is 0 Å². The Kier molecular flexibility index (Phi) is 7.55. The fourth-order valence-corrected chi connectivity index (χ4v) is 5.12. The number of sulfonamides is 1. The summed E-state index contributed by atoms with van der Waals surface area (Å²) in [6, 6.07) is 11.2. The molecule has 0 radical (unpaired) electrons. The minimum atomic E-state index is -4.53. The summed E-state index contributed by atoms with van der Waals surface area (Å²) in [7, 11) is -4.01. The maximum absolute atomic E-state index is 13.0. The van der Waals surface area contributed by atoms with Gasteiger partial charge in [-0.15, -0.1) is 0 Å². The molecule has 1 amide bonds. The van der Waals surface area contributed by atoms with Crippen LogP contribution in [0.15, 0.2) is 48.5 Å². The molecule has 11 heteroatoms. The Morgan fingerprint density at radius 1 is 1.16 bits per heavy atom. The molecule has 174 valence electrons. The topological polar surface area (TPSA) is 87.1 Å². The quantitative estimate of drug-likeness (QED) is 0.345. The second-order valence-electron chi connectivity index (χ2n) is 7.48. The van der Waals surface area contributed by atoms with E-state index in [0.29, 0.717) is 5.56 Å². The predicted molar refractivity (Wildman–Crippen MR) is 109 cm³/mol. The van der Waals surface area contributed by atoms with Gasteiger partial charge in [-0.25, -0.2) is 13.5 Å². The summed E-state index contributed by atoms with van der Waals surface area (Å²) in [5, 5.41) is 10.1. The lowest BCUT2D eigenvalue weighted by molar-refractivity contribution is -0.163. The predicted octanol–water partition coefficient (Wildman–Crippen LogP) is 2.83. The lowest BCUT2D eigenvalue weighted by Gasteiger charge is -2.31. The summed E-state index contributed by atoms with van der Waals surface area (Å²) in [5.41, 5.74) is 0.926. The third-order valence-electron chi connectivity index (χ3n) is 5.21. The molecule has 0 bridgehead atoms. The number of halogens is 3. The molecule has 1 aliphatic rings. The third-order valence-corrected chi connectivity index (χ3v) is 7.12. The highest BCUT2D eigenvalue weighted by Crippen LogP contribution is 2.32. The molecule has 0 fully saturated rings. The van der Waals surface area contributed by atoms with Gasteiger partial charge in [0.15, 0.2) is 0 Å². The normalized spacial score (nSPS) is 15.8. The van der Waals surface area contributed by atoms with E-state index in [4.69, 9.17) is 4.74 Å². The summed E-state index contributed by atoms with van der Waals surface area (Å²) in [5.74, 6) is -0.634. The number of benzene rings is 2. The molecule has 2 aromatic carbocycles. The number of carbonyl (C=O) groups excluding carboxylic acids is 1. The minimum absolute atomic E-state index is 0.0881. The van der Waals surface area contributed by atoms with Crippen LogP contribution in [0.1, 0.15) is 22.3 Å². The first-order valence-corrected chi connectivity index (χ1v) is 11.4. The van der Waals surface area contributed by atoms with Gasteiger partial charge in [-0.1, -0.05) is 36.4 Å². The summed E-state index contributed by atoms with van der Waals surface area (Å²) in [6.45, 7) is -0.218. The second-order valence-corrected chi connectivity index (χ2v) is 9.50. The van der Waals surface area contributed by atoms with E-state index in [1.165, 1.54) is 6.07 Å². The molecule has 1 aliphatic heterocycles. The van der Waals surface area contributed by atoms with E-state index in [1.54, 1.807) is 0 Å². The van der Waals surface area contributed by atoms with Crippen molar-refractivity contribution in [2.75, 3.05) is 18.9 Å². The molecular formula is C21H23F3N2O5S. The lowest BCUT2D eigenvalue weighted by atomic mass is 9.98. The van der Waals surface area contributed by atoms with Crippen molar-refractivity contribution < 1.29 is 36.3 Å². The zero-order chi connectivity index (χ0) is 23.4. The number of hydrogen-bond acceptors (Lipinski definition) is 5. The highest BCUT2D eigenvalue weighted by atomic mass is 32.2. The van der Waals surface area contributed by atoms with Crippen LogP contribution in [-0.2, 0) is 45.3 Å². The van der Waals surface area contributed by atoms with E-state index < -0.39 is 33.6 Å². The fourth-order valence-electron chi connectivity index (χ4n) is 3.47. The van der Waals surface area contributed by atoms with E-state index in [2.05, 4.69) is 0 Å². The number of hydroxylamine groups is 2. The molecule has 1 heterocycles. The van der Waals surface area contributed by atoms with Crippen molar-refractivity contribution in [2.24, 2.45) is 0 Å². The maximum atomic E-state index is 13.0. The number of fused-ring (bicyclic) bond motifs is 1. The number of ether oxygens (including phenoxy) is 1. The van der Waals surface area contributed by atoms with Crippen LogP contribution >= 0.6 is 0 Å². The molecule has 1 N–H and O–H groups in total. The van der Waals surface area contributed by atoms with Gasteiger partial charge in [0.25, 0.3) is 0 Å². The van der Waals surface area contributed by atoms with Gasteiger partial charge in [0.2, 0.25) is 16.4 Å². The van der Waals surface area contributed by atoms with Crippen molar-refractivity contribution in [2.45, 2.75) is 31.8 Å². The molecule has 7 nitrogen and oxygen atoms in total. The van der Waals surface area contributed by atoms with Crippen LogP contribution in [-0.4, -0.2) is 54.3 Å². The summed E-state index contributed by atoms with van der Waals surface area (Å²) >= 11 is 0. The average molecular weight is 472 g/mol. The smallest absolute Gasteiger partial charge is 0.374 e. The standard InChI is InChI=1S/C21H23F3N2O5S/c22-21(23,24)19-7-6-17-8-9-25(11-18(17)10-19)32(29,30)14-20(26(28)15-27)13-31-12-16-4-2-1-3-5-16/h1-7,10,15,20,28H,8-9,11-14H2. The molecule has 0 saturated carbocycles. The van der Waals surface area contributed by atoms with E-state index >= 15 is 0 Å². The van der Waals surface area contributed by atoms with Crippen LogP contribution in [0.5, 0.6) is 0 Å². The Hall–Kier alpha value is -2.47. The van der Waals surface area contributed by atoms with Gasteiger partial charge in [0, 0.05) is 13.1 Å². The molecule has 32 heavy (non-hydrogen) atoms. The van der Waals surface area contributed by atoms with E-state index in [1.807, 2.05) is 30.3 Å². The van der Waals surface area contributed by atoms with Gasteiger partial charge in [-0.2, -0.15) is 17.5 Å². The van der Waals surface area contributed by atoms with Crippen LogP contribution in [0.2, 0.25) is 0 Å². The molecule has 1 unspecified atom stereocenters. The summed E-state index contributed by atoms with van der Waals surface area (Å²) < 4.78 is 71.5. The van der Waals surface area contributed by atoms with Crippen LogP contribution in [0.4, 0.5) is 13.2 Å². The number of alkyl halides is 3. The zero-order valence-electron chi connectivity index (χ0n) is 17.0. The zero-order valence-corrected chi connectivity index (χ0v) is 17.8. The van der Waals surface area contributed by atoms with Gasteiger partial charge >= 0.3 is 6.18 Å². The first-order chi connectivity index (χ1) is 15.1. The Morgan fingerprint density at radius 3 is 2.53 bits per heavy atom. The van der Waals surface area contributed by atoms with Crippen LogP contribution in [0.3, 0.4) is 0 Å². The van der Waals surface area contributed by atoms with Crippen LogP contribution < -0.4 is 0 Å². The lowest BCUT2D eigenvalue weighted by Crippen LogP contribution is -2.46. The fraction of sp³-hybridized carbons (Fsp3) is 0.381. The van der Waals surface area contributed by atoms with Gasteiger partial charge in [-0.05, 0) is 35.2 Å². The second kappa shape index (κ2) is 9.99. The molecule has 0 saturated heterocycles. The SMILES string of the molecule is O=CN(O)C(COCc1ccccc1)CS(=O)(=O)N1CCc2ccc(C(F)(F)F)cc2C1. The maximum Gasteiger partial charge on any atom is 0.416 e. The monoisotopic (exact) mass is 472 g/mol. The Labute approximate surface area is 184 Å². The number of carbonyl (C=O) groups is 1.